The quantitative estimate of drug-likeness (QED) is 0.441. The maximum atomic E-state index is 13.2. The number of hydrogen-bond donors (Lipinski definition) is 2. The Bertz CT molecular complexity index is 1490. The first-order chi connectivity index (χ1) is 16.7. The molecule has 0 saturated heterocycles. The predicted octanol–water partition coefficient (Wildman–Crippen LogP) is 4.82. The number of benzene rings is 2. The zero-order chi connectivity index (χ0) is 23.2. The molecular formula is C25H18N4O4S. The Hall–Kier alpha value is -4.29. The van der Waals surface area contributed by atoms with Gasteiger partial charge in [0.15, 0.2) is 11.5 Å². The SMILES string of the molecule is CCOc1nc2sc3c(c2c(-c2ccccc2)c1C#N)NC(c1ccc2c(c1)OCO2)NC3=O. The highest BCUT2D eigenvalue weighted by atomic mass is 32.1. The van der Waals surface area contributed by atoms with Crippen LogP contribution in [0.3, 0.4) is 0 Å². The van der Waals surface area contributed by atoms with Gasteiger partial charge in [-0.05, 0) is 30.2 Å². The average molecular weight is 471 g/mol. The standard InChI is InChI=1S/C25H18N4O4S/c1-2-31-24-15(11-26)18(13-6-4-3-5-7-13)19-20-21(34-25(19)29-24)23(30)28-22(27-20)14-8-9-16-17(10-14)33-12-32-16/h3-10,22,27H,2,12H2,1H3,(H,28,30). The number of aromatic nitrogens is 1. The molecule has 2 aliphatic rings. The molecule has 2 N–H and O–H groups in total. The van der Waals surface area contributed by atoms with Crippen LogP contribution in [0.1, 0.15) is 33.9 Å². The molecule has 9 heteroatoms. The minimum Gasteiger partial charge on any atom is -0.477 e. The third-order valence-electron chi connectivity index (χ3n) is 5.76. The number of hydrogen-bond acceptors (Lipinski definition) is 8. The number of nitrogens with one attached hydrogen (secondary N) is 2. The molecule has 2 aliphatic heterocycles. The monoisotopic (exact) mass is 470 g/mol. The zero-order valence-corrected chi connectivity index (χ0v) is 18.9. The van der Waals surface area contributed by atoms with Crippen molar-refractivity contribution in [3.63, 3.8) is 0 Å². The van der Waals surface area contributed by atoms with E-state index in [1.807, 2.05) is 55.5 Å². The van der Waals surface area contributed by atoms with Crippen molar-refractivity contribution in [2.75, 3.05) is 18.7 Å². The molecule has 0 fully saturated rings. The first-order valence-corrected chi connectivity index (χ1v) is 11.5. The molecule has 4 heterocycles. The van der Waals surface area contributed by atoms with Crippen LogP contribution in [0.5, 0.6) is 17.4 Å². The minimum absolute atomic E-state index is 0.174. The topological polar surface area (TPSA) is 106 Å². The number of nitriles is 1. The summed E-state index contributed by atoms with van der Waals surface area (Å²) in [5, 5.41) is 17.3. The molecule has 0 saturated carbocycles. The van der Waals surface area contributed by atoms with Gasteiger partial charge < -0.3 is 24.8 Å². The lowest BCUT2D eigenvalue weighted by molar-refractivity contribution is 0.0940. The molecule has 2 aromatic heterocycles. The van der Waals surface area contributed by atoms with E-state index in [2.05, 4.69) is 21.7 Å². The molecule has 4 aromatic rings. The van der Waals surface area contributed by atoms with Crippen LogP contribution in [0.25, 0.3) is 21.3 Å². The molecule has 0 aliphatic carbocycles. The van der Waals surface area contributed by atoms with Crippen molar-refractivity contribution in [2.24, 2.45) is 0 Å². The Morgan fingerprint density at radius 3 is 2.79 bits per heavy atom. The smallest absolute Gasteiger partial charge is 0.265 e. The van der Waals surface area contributed by atoms with Gasteiger partial charge in [0.05, 0.1) is 12.3 Å². The summed E-state index contributed by atoms with van der Waals surface area (Å²) < 4.78 is 16.6. The second kappa shape index (κ2) is 7.93. The summed E-state index contributed by atoms with van der Waals surface area (Å²) >= 11 is 1.27. The Morgan fingerprint density at radius 2 is 2.00 bits per heavy atom. The largest absolute Gasteiger partial charge is 0.477 e. The average Bonchev–Trinajstić information content (AvgIpc) is 3.48. The Morgan fingerprint density at radius 1 is 1.18 bits per heavy atom. The molecule has 0 bridgehead atoms. The number of thiophene rings is 1. The van der Waals surface area contributed by atoms with E-state index in [1.165, 1.54) is 11.3 Å². The second-order valence-corrected chi connectivity index (χ2v) is 8.73. The van der Waals surface area contributed by atoms with E-state index in [0.29, 0.717) is 44.6 Å². The van der Waals surface area contributed by atoms with E-state index >= 15 is 0 Å². The van der Waals surface area contributed by atoms with Gasteiger partial charge in [-0.2, -0.15) is 5.26 Å². The van der Waals surface area contributed by atoms with Crippen LogP contribution in [-0.2, 0) is 0 Å². The summed E-state index contributed by atoms with van der Waals surface area (Å²) in [5.41, 5.74) is 3.36. The van der Waals surface area contributed by atoms with E-state index in [4.69, 9.17) is 14.2 Å². The summed E-state index contributed by atoms with van der Waals surface area (Å²) in [6.07, 6.45) is -0.493. The number of pyridine rings is 1. The van der Waals surface area contributed by atoms with Gasteiger partial charge >= 0.3 is 0 Å². The summed E-state index contributed by atoms with van der Waals surface area (Å²) in [6, 6.07) is 17.5. The first-order valence-electron chi connectivity index (χ1n) is 10.7. The minimum atomic E-state index is -0.493. The normalized spacial score (nSPS) is 15.9. The molecule has 0 spiro atoms. The number of amides is 1. The molecule has 1 amide bonds. The Labute approximate surface area is 198 Å². The maximum Gasteiger partial charge on any atom is 0.265 e. The first kappa shape index (κ1) is 20.3. The van der Waals surface area contributed by atoms with E-state index in [0.717, 1.165) is 16.5 Å². The molecular weight excluding hydrogens is 452 g/mol. The van der Waals surface area contributed by atoms with Gasteiger partial charge in [-0.3, -0.25) is 4.79 Å². The lowest BCUT2D eigenvalue weighted by Gasteiger charge is -2.27. The lowest BCUT2D eigenvalue weighted by Crippen LogP contribution is -2.37. The van der Waals surface area contributed by atoms with Crippen LogP contribution in [0.2, 0.25) is 0 Å². The Balaban J connectivity index is 1.56. The molecule has 34 heavy (non-hydrogen) atoms. The number of nitrogens with zero attached hydrogens (tertiary/aromatic N) is 2. The number of rotatable bonds is 4. The van der Waals surface area contributed by atoms with Gasteiger partial charge in [0.1, 0.15) is 27.5 Å². The van der Waals surface area contributed by atoms with Gasteiger partial charge in [0, 0.05) is 10.9 Å². The number of carbonyl (C=O) groups excluding carboxylic acids is 1. The Kier molecular flexibility index (Phi) is 4.74. The molecule has 168 valence electrons. The molecule has 0 radical (unpaired) electrons. The van der Waals surface area contributed by atoms with E-state index < -0.39 is 6.17 Å². The highest BCUT2D eigenvalue weighted by molar-refractivity contribution is 7.21. The fourth-order valence-electron chi connectivity index (χ4n) is 4.28. The highest BCUT2D eigenvalue weighted by Crippen LogP contribution is 2.47. The summed E-state index contributed by atoms with van der Waals surface area (Å²) in [6.45, 7) is 2.39. The van der Waals surface area contributed by atoms with Gasteiger partial charge in [-0.15, -0.1) is 11.3 Å². The van der Waals surface area contributed by atoms with Crippen LogP contribution in [0, 0.1) is 11.3 Å². The predicted molar refractivity (Wildman–Crippen MR) is 127 cm³/mol. The van der Waals surface area contributed by atoms with Crippen molar-refractivity contribution in [1.82, 2.24) is 10.3 Å². The summed E-state index contributed by atoms with van der Waals surface area (Å²) in [5.74, 6) is 1.36. The lowest BCUT2D eigenvalue weighted by atomic mass is 9.96. The van der Waals surface area contributed by atoms with Gasteiger partial charge in [0.2, 0.25) is 12.7 Å². The second-order valence-electron chi connectivity index (χ2n) is 7.73. The van der Waals surface area contributed by atoms with E-state index in [1.54, 1.807) is 0 Å². The van der Waals surface area contributed by atoms with Crippen LogP contribution in [0.4, 0.5) is 5.69 Å². The third-order valence-corrected chi connectivity index (χ3v) is 6.84. The molecule has 2 aromatic carbocycles. The fourth-order valence-corrected chi connectivity index (χ4v) is 5.33. The van der Waals surface area contributed by atoms with Crippen molar-refractivity contribution < 1.29 is 19.0 Å². The zero-order valence-electron chi connectivity index (χ0n) is 18.0. The number of carbonyl (C=O) groups is 1. The molecule has 8 nitrogen and oxygen atoms in total. The molecule has 1 atom stereocenters. The van der Waals surface area contributed by atoms with E-state index in [9.17, 15) is 10.1 Å². The highest BCUT2D eigenvalue weighted by Gasteiger charge is 2.33. The third kappa shape index (κ3) is 3.11. The van der Waals surface area contributed by atoms with Crippen molar-refractivity contribution in [3.8, 4) is 34.6 Å². The van der Waals surface area contributed by atoms with Crippen LogP contribution >= 0.6 is 11.3 Å². The summed E-state index contributed by atoms with van der Waals surface area (Å²) in [4.78, 5) is 18.9. The molecule has 6 rings (SSSR count). The van der Waals surface area contributed by atoms with Crippen LogP contribution < -0.4 is 24.8 Å². The number of ether oxygens (including phenoxy) is 3. The number of fused-ring (bicyclic) bond motifs is 4. The number of anilines is 1. The van der Waals surface area contributed by atoms with Gasteiger partial charge in [-0.25, -0.2) is 4.98 Å². The van der Waals surface area contributed by atoms with Crippen LogP contribution in [0.15, 0.2) is 48.5 Å². The fraction of sp³-hybridized carbons (Fsp3) is 0.160. The molecule has 1 unspecified atom stereocenters. The van der Waals surface area contributed by atoms with Gasteiger partial charge in [-0.1, -0.05) is 36.4 Å². The van der Waals surface area contributed by atoms with Crippen LogP contribution in [-0.4, -0.2) is 24.3 Å². The van der Waals surface area contributed by atoms with Gasteiger partial charge in [0.25, 0.3) is 5.91 Å². The van der Waals surface area contributed by atoms with E-state index in [-0.39, 0.29) is 18.6 Å². The summed E-state index contributed by atoms with van der Waals surface area (Å²) in [7, 11) is 0. The van der Waals surface area contributed by atoms with Crippen molar-refractivity contribution in [2.45, 2.75) is 13.1 Å². The maximum absolute atomic E-state index is 13.2. The van der Waals surface area contributed by atoms with Crippen molar-refractivity contribution >= 4 is 33.1 Å². The van der Waals surface area contributed by atoms with Crippen molar-refractivity contribution in [1.29, 1.82) is 5.26 Å². The van der Waals surface area contributed by atoms with Crippen molar-refractivity contribution in [3.05, 3.63) is 64.5 Å².